The third kappa shape index (κ3) is 25.5. The zero-order valence-corrected chi connectivity index (χ0v) is 57.6. The molecule has 1 N–H and O–H groups in total. The molecular weight excluding hydrogens is 1080 g/mol. The van der Waals surface area contributed by atoms with E-state index in [1.165, 1.54) is 19.3 Å². The number of esters is 6. The molecule has 5 fully saturated rings. The molecule has 0 spiro atoms. The van der Waals surface area contributed by atoms with E-state index in [-0.39, 0.29) is 75.3 Å². The molecule has 0 radical (unpaired) electrons. The summed E-state index contributed by atoms with van der Waals surface area (Å²) in [6, 6.07) is 0.798. The summed E-state index contributed by atoms with van der Waals surface area (Å²) in [5.74, 6) is -2.18. The molecule has 0 aromatic rings. The second kappa shape index (κ2) is 33.1. The maximum absolute atomic E-state index is 12.3. The number of nitrogens with one attached hydrogen (secondary N) is 1. The molecular formula is C68H119N5O12. The van der Waals surface area contributed by atoms with Gasteiger partial charge in [-0.05, 0) is 192 Å². The molecule has 5 heterocycles. The second-order valence-corrected chi connectivity index (χ2v) is 28.6. The van der Waals surface area contributed by atoms with Gasteiger partial charge in [0.15, 0.2) is 0 Å². The number of rotatable bonds is 17. The molecule has 5 aliphatic rings. The van der Waals surface area contributed by atoms with Crippen LogP contribution in [0.25, 0.3) is 0 Å². The number of hydrogen-bond donors (Lipinski definition) is 1. The van der Waals surface area contributed by atoms with Gasteiger partial charge < -0.3 is 33.7 Å². The molecule has 85 heavy (non-hydrogen) atoms. The van der Waals surface area contributed by atoms with Crippen molar-refractivity contribution in [3.05, 3.63) is 60.8 Å². The molecule has 1 atom stereocenters. The Kier molecular flexibility index (Phi) is 30.5. The third-order valence-corrected chi connectivity index (χ3v) is 16.9. The molecule has 0 saturated carbocycles. The first-order chi connectivity index (χ1) is 38.7. The molecule has 0 aromatic heterocycles. The van der Waals surface area contributed by atoms with E-state index in [9.17, 15) is 28.8 Å². The highest BCUT2D eigenvalue weighted by Crippen LogP contribution is 2.50. The summed E-state index contributed by atoms with van der Waals surface area (Å²) in [4.78, 5) is 79.4. The van der Waals surface area contributed by atoms with Gasteiger partial charge >= 0.3 is 35.8 Å². The van der Waals surface area contributed by atoms with Crippen molar-refractivity contribution >= 4 is 35.8 Å². The van der Waals surface area contributed by atoms with Crippen molar-refractivity contribution in [2.45, 2.75) is 273 Å². The summed E-state index contributed by atoms with van der Waals surface area (Å²) in [5, 5.41) is 3.55. The minimum absolute atomic E-state index is 0.00176. The summed E-state index contributed by atoms with van der Waals surface area (Å²) in [6.07, 6.45) is 8.95. The number of ether oxygens (including phenoxy) is 6. The van der Waals surface area contributed by atoms with Gasteiger partial charge in [-0.3, -0.25) is 24.4 Å². The van der Waals surface area contributed by atoms with Gasteiger partial charge in [0.05, 0.1) is 25.7 Å². The van der Waals surface area contributed by atoms with Crippen molar-refractivity contribution in [1.29, 1.82) is 0 Å². The molecule has 17 heteroatoms. The Labute approximate surface area is 515 Å². The van der Waals surface area contributed by atoms with Gasteiger partial charge in [-0.2, -0.15) is 0 Å². The summed E-state index contributed by atoms with van der Waals surface area (Å²) >= 11 is 0. The Hall–Kier alpha value is -4.68. The molecule has 0 aliphatic carbocycles. The van der Waals surface area contributed by atoms with Crippen LogP contribution in [0.5, 0.6) is 0 Å². The van der Waals surface area contributed by atoms with Gasteiger partial charge in [0, 0.05) is 125 Å². The Morgan fingerprint density at radius 3 is 1.34 bits per heavy atom. The van der Waals surface area contributed by atoms with Gasteiger partial charge in [0.2, 0.25) is 0 Å². The van der Waals surface area contributed by atoms with Gasteiger partial charge in [0.25, 0.3) is 0 Å². The number of hydrogen-bond acceptors (Lipinski definition) is 17. The maximum atomic E-state index is 12.3. The standard InChI is InChI=1S/C18H29NO4.C14H25NO2.C13H23NO2.C12H23NO2.C11H19NO2/c1-12(2)14(20)23-18(13-8-9-22-15(13)21)10-16(3,4)19(7)17(5,6)11-18;1-10(2)12(16)17-11-8-13(3,4)15(7)14(5,6)9-11;1-9(2)11(15)16-10-7-12(3,4)14-13(5,6)8-10;1-7-15-12(14)11(6)8-13(9(2)3)10(4)5;1-3-14-11(13)10(2)9-12-7-5-4-6-8-12/h13H,1,8-11H2,2-7H3;11H,1,8-9H2,2-7H3;10,14H,1,7-8H2,2-6H3;9-10H,6-8H2,1-5H3;2-9H2,1H3. The summed E-state index contributed by atoms with van der Waals surface area (Å²) in [7, 11) is 4.22. The highest BCUT2D eigenvalue weighted by atomic mass is 16.6. The van der Waals surface area contributed by atoms with Crippen molar-refractivity contribution in [3.8, 4) is 0 Å². The van der Waals surface area contributed by atoms with Crippen LogP contribution in [-0.2, 0) is 57.2 Å². The monoisotopic (exact) mass is 1200 g/mol. The van der Waals surface area contributed by atoms with E-state index in [2.05, 4.69) is 183 Å². The minimum atomic E-state index is -0.844. The zero-order chi connectivity index (χ0) is 66.0. The van der Waals surface area contributed by atoms with E-state index in [4.69, 9.17) is 28.4 Å². The molecule has 5 aliphatic heterocycles. The van der Waals surface area contributed by atoms with Crippen molar-refractivity contribution in [3.63, 3.8) is 0 Å². The molecule has 0 amide bonds. The predicted octanol–water partition coefficient (Wildman–Crippen LogP) is 11.7. The molecule has 0 aromatic carbocycles. The summed E-state index contributed by atoms with van der Waals surface area (Å²) in [5.41, 5.74) is 1.22. The number of carbonyl (C=O) groups excluding carboxylic acids is 6. The first-order valence-corrected chi connectivity index (χ1v) is 31.0. The molecule has 17 nitrogen and oxygen atoms in total. The van der Waals surface area contributed by atoms with Crippen LogP contribution in [0.15, 0.2) is 60.8 Å². The van der Waals surface area contributed by atoms with Crippen LogP contribution in [0.1, 0.15) is 210 Å². The number of nitrogens with zero attached hydrogens (tertiary/aromatic N) is 4. The first kappa shape index (κ1) is 78.3. The van der Waals surface area contributed by atoms with Crippen molar-refractivity contribution in [2.24, 2.45) is 5.92 Å². The minimum Gasteiger partial charge on any atom is -0.465 e. The van der Waals surface area contributed by atoms with Crippen LogP contribution in [0.3, 0.4) is 0 Å². The van der Waals surface area contributed by atoms with E-state index >= 15 is 0 Å². The third-order valence-electron chi connectivity index (χ3n) is 16.9. The highest BCUT2D eigenvalue weighted by molar-refractivity contribution is 5.89. The lowest BCUT2D eigenvalue weighted by Gasteiger charge is -2.58. The van der Waals surface area contributed by atoms with E-state index in [0.29, 0.717) is 92.1 Å². The van der Waals surface area contributed by atoms with Gasteiger partial charge in [-0.15, -0.1) is 0 Å². The predicted molar refractivity (Wildman–Crippen MR) is 342 cm³/mol. The Morgan fingerprint density at radius 1 is 0.588 bits per heavy atom. The SMILES string of the molecule is C=C(C)C(=O)OC1(C2CCOC2=O)CC(C)(C)N(C)C(C)(C)C1.C=C(C)C(=O)OC1CC(C)(C)N(C)C(C)(C)C1.C=C(C)C(=O)OC1CC(C)(C)NC(C)(C)C1.C=C(CN(C(C)C)C(C)C)C(=O)OCC.C=C(CN1CCCCC1)C(=O)OCC. The fraction of sp³-hybridized carbons (Fsp3) is 0.765. The number of likely N-dealkylation sites (tertiary alicyclic amines) is 3. The topological polar surface area (TPSA) is 183 Å². The van der Waals surface area contributed by atoms with Crippen LogP contribution in [-0.4, -0.2) is 179 Å². The average molecular weight is 1200 g/mol. The van der Waals surface area contributed by atoms with Crippen LogP contribution in [0, 0.1) is 5.92 Å². The van der Waals surface area contributed by atoms with E-state index in [1.807, 2.05) is 6.92 Å². The highest BCUT2D eigenvalue weighted by Gasteiger charge is 2.59. The molecule has 5 rings (SSSR count). The largest absolute Gasteiger partial charge is 0.465 e. The fourth-order valence-electron chi connectivity index (χ4n) is 12.6. The van der Waals surface area contributed by atoms with Gasteiger partial charge in [0.1, 0.15) is 17.8 Å². The lowest BCUT2D eigenvalue weighted by Crippen LogP contribution is -2.67. The number of piperidine rings is 4. The summed E-state index contributed by atoms with van der Waals surface area (Å²) < 4.78 is 31.9. The van der Waals surface area contributed by atoms with Crippen LogP contribution < -0.4 is 5.32 Å². The second-order valence-electron chi connectivity index (χ2n) is 28.6. The van der Waals surface area contributed by atoms with Crippen molar-refractivity contribution in [1.82, 2.24) is 24.9 Å². The van der Waals surface area contributed by atoms with E-state index in [0.717, 1.165) is 38.8 Å². The van der Waals surface area contributed by atoms with Crippen molar-refractivity contribution < 1.29 is 57.2 Å². The van der Waals surface area contributed by atoms with Crippen LogP contribution >= 0.6 is 0 Å². The van der Waals surface area contributed by atoms with E-state index < -0.39 is 17.5 Å². The van der Waals surface area contributed by atoms with Gasteiger partial charge in [-0.25, -0.2) is 24.0 Å². The molecule has 488 valence electrons. The zero-order valence-electron chi connectivity index (χ0n) is 57.6. The Morgan fingerprint density at radius 2 is 0.976 bits per heavy atom. The van der Waals surface area contributed by atoms with E-state index in [1.54, 1.807) is 27.7 Å². The Bertz CT molecular complexity index is 2260. The van der Waals surface area contributed by atoms with Crippen LogP contribution in [0.4, 0.5) is 0 Å². The quantitative estimate of drug-likeness (QED) is 0.0823. The number of cyclic esters (lactones) is 1. The lowest BCUT2D eigenvalue weighted by atomic mass is 9.65. The molecule has 5 saturated heterocycles. The Balaban J connectivity index is 0.000000538. The lowest BCUT2D eigenvalue weighted by molar-refractivity contribution is -0.194. The first-order valence-electron chi connectivity index (χ1n) is 31.0. The van der Waals surface area contributed by atoms with Crippen molar-refractivity contribution in [2.75, 3.05) is 60.1 Å². The van der Waals surface area contributed by atoms with Crippen LogP contribution in [0.2, 0.25) is 0 Å². The average Bonchev–Trinajstić information content (AvgIpc) is 2.05. The fourth-order valence-corrected chi connectivity index (χ4v) is 12.6. The smallest absolute Gasteiger partial charge is 0.334 e. The molecule has 0 bridgehead atoms. The van der Waals surface area contributed by atoms with Gasteiger partial charge in [-0.1, -0.05) is 39.3 Å². The maximum Gasteiger partial charge on any atom is 0.334 e. The molecule has 1 unspecified atom stereocenters. The normalized spacial score (nSPS) is 22.1. The number of carbonyl (C=O) groups is 6. The summed E-state index contributed by atoms with van der Waals surface area (Å²) in [6.45, 7) is 65.9.